The molecule has 1 aliphatic carbocycles. The second-order valence-corrected chi connectivity index (χ2v) is 5.77. The van der Waals surface area contributed by atoms with E-state index in [0.29, 0.717) is 6.04 Å². The van der Waals surface area contributed by atoms with Gasteiger partial charge in [-0.3, -0.25) is 0 Å². The number of fused-ring (bicyclic) bond motifs is 2. The first-order valence-electron chi connectivity index (χ1n) is 5.89. The van der Waals surface area contributed by atoms with Crippen molar-refractivity contribution in [3.63, 3.8) is 0 Å². The molecule has 0 radical (unpaired) electrons. The molecule has 1 nitrogen and oxygen atoms in total. The second kappa shape index (κ2) is 4.09. The number of para-hydroxylation sites is 1. The van der Waals surface area contributed by atoms with Crippen LogP contribution in [0.5, 0.6) is 0 Å². The van der Waals surface area contributed by atoms with E-state index in [9.17, 15) is 0 Å². The summed E-state index contributed by atoms with van der Waals surface area (Å²) in [5.41, 5.74) is 2.86. The van der Waals surface area contributed by atoms with E-state index < -0.39 is 0 Å². The van der Waals surface area contributed by atoms with Gasteiger partial charge in [0.15, 0.2) is 0 Å². The normalized spacial score (nSPS) is 29.6. The molecular weight excluding hydrogens is 202 g/mol. The summed E-state index contributed by atoms with van der Waals surface area (Å²) in [7, 11) is 0. The molecule has 1 aliphatic heterocycles. The zero-order valence-corrected chi connectivity index (χ0v) is 9.72. The molecular formula is C13H17NS. The molecule has 2 atom stereocenters. The minimum absolute atomic E-state index is 0.715. The minimum Gasteiger partial charge on any atom is -0.381 e. The highest BCUT2D eigenvalue weighted by molar-refractivity contribution is 7.99. The van der Waals surface area contributed by atoms with Crippen LogP contribution < -0.4 is 5.32 Å². The molecule has 0 amide bonds. The fourth-order valence-corrected chi connectivity index (χ4v) is 4.06. The summed E-state index contributed by atoms with van der Waals surface area (Å²) in [5.74, 6) is 1.18. The fraction of sp³-hybridized carbons (Fsp3) is 0.538. The van der Waals surface area contributed by atoms with Gasteiger partial charge >= 0.3 is 0 Å². The smallest absolute Gasteiger partial charge is 0.0383 e. The Balaban J connectivity index is 1.88. The van der Waals surface area contributed by atoms with Gasteiger partial charge in [-0.15, -0.1) is 0 Å². The van der Waals surface area contributed by atoms with Crippen molar-refractivity contribution >= 4 is 17.4 Å². The summed E-state index contributed by atoms with van der Waals surface area (Å²) in [6.45, 7) is 0. The number of hydrogen-bond donors (Lipinski definition) is 1. The molecule has 0 spiro atoms. The Kier molecular flexibility index (Phi) is 2.61. The first-order valence-corrected chi connectivity index (χ1v) is 6.94. The summed E-state index contributed by atoms with van der Waals surface area (Å²) in [6, 6.07) is 9.49. The molecule has 3 rings (SSSR count). The van der Waals surface area contributed by atoms with Crippen LogP contribution in [0.25, 0.3) is 0 Å². The minimum atomic E-state index is 0.715. The number of rotatable bonds is 0. The highest BCUT2D eigenvalue weighted by Crippen LogP contribution is 2.37. The van der Waals surface area contributed by atoms with Crippen LogP contribution in [0, 0.1) is 0 Å². The van der Waals surface area contributed by atoms with Gasteiger partial charge in [0, 0.05) is 22.7 Å². The molecule has 80 valence electrons. The van der Waals surface area contributed by atoms with Crippen molar-refractivity contribution in [2.24, 2.45) is 0 Å². The van der Waals surface area contributed by atoms with Gasteiger partial charge in [0.05, 0.1) is 0 Å². The van der Waals surface area contributed by atoms with Crippen molar-refractivity contribution in [2.75, 3.05) is 5.32 Å². The Morgan fingerprint density at radius 1 is 1.13 bits per heavy atom. The molecule has 2 unspecified atom stereocenters. The third-order valence-corrected chi connectivity index (χ3v) is 4.98. The lowest BCUT2D eigenvalue weighted by atomic mass is 9.94. The van der Waals surface area contributed by atoms with E-state index in [-0.39, 0.29) is 0 Å². The summed E-state index contributed by atoms with van der Waals surface area (Å²) in [5, 5.41) is 4.58. The lowest BCUT2D eigenvalue weighted by Crippen LogP contribution is -2.33. The number of benzene rings is 1. The molecule has 0 saturated heterocycles. The molecule has 1 N–H and O–H groups in total. The van der Waals surface area contributed by atoms with E-state index >= 15 is 0 Å². The van der Waals surface area contributed by atoms with Gasteiger partial charge in [-0.05, 0) is 24.5 Å². The first kappa shape index (κ1) is 9.59. The van der Waals surface area contributed by atoms with E-state index in [0.717, 1.165) is 5.25 Å². The standard InChI is InChI=1S/C13H17NS/c1-2-6-11-10(5-1)9-15-13-8-4-3-7-12(13)14-11/h1-2,5-6,12-14H,3-4,7-9H2. The molecule has 1 fully saturated rings. The average molecular weight is 219 g/mol. The van der Waals surface area contributed by atoms with Crippen molar-refractivity contribution in [1.29, 1.82) is 0 Å². The Morgan fingerprint density at radius 2 is 2.00 bits per heavy atom. The Hall–Kier alpha value is -0.630. The second-order valence-electron chi connectivity index (χ2n) is 4.54. The molecule has 1 aromatic rings. The molecule has 2 heteroatoms. The molecule has 1 saturated carbocycles. The van der Waals surface area contributed by atoms with Crippen molar-refractivity contribution in [1.82, 2.24) is 0 Å². The molecule has 15 heavy (non-hydrogen) atoms. The van der Waals surface area contributed by atoms with Crippen LogP contribution in [0.4, 0.5) is 5.69 Å². The highest BCUT2D eigenvalue weighted by atomic mass is 32.2. The van der Waals surface area contributed by atoms with E-state index in [4.69, 9.17) is 0 Å². The predicted molar refractivity (Wildman–Crippen MR) is 67.4 cm³/mol. The van der Waals surface area contributed by atoms with Crippen molar-refractivity contribution < 1.29 is 0 Å². The molecule has 0 bridgehead atoms. The lowest BCUT2D eigenvalue weighted by Gasteiger charge is -2.30. The largest absolute Gasteiger partial charge is 0.381 e. The summed E-state index contributed by atoms with van der Waals surface area (Å²) < 4.78 is 0. The van der Waals surface area contributed by atoms with Crippen LogP contribution in [0.3, 0.4) is 0 Å². The van der Waals surface area contributed by atoms with E-state index in [1.54, 1.807) is 0 Å². The van der Waals surface area contributed by atoms with Gasteiger partial charge in [0.25, 0.3) is 0 Å². The maximum absolute atomic E-state index is 3.74. The Morgan fingerprint density at radius 3 is 3.00 bits per heavy atom. The SMILES string of the molecule is c1ccc2c(c1)CSC1CCCCC1N2. The summed E-state index contributed by atoms with van der Waals surface area (Å²) in [6.07, 6.45) is 5.57. The van der Waals surface area contributed by atoms with Gasteiger partial charge in [-0.2, -0.15) is 11.8 Å². The number of anilines is 1. The molecule has 2 aliphatic rings. The van der Waals surface area contributed by atoms with E-state index in [1.165, 1.54) is 42.7 Å². The Bertz CT molecular complexity index is 350. The number of thioether (sulfide) groups is 1. The van der Waals surface area contributed by atoms with Crippen LogP contribution in [-0.2, 0) is 5.75 Å². The summed E-state index contributed by atoms with van der Waals surface area (Å²) in [4.78, 5) is 0. The fourth-order valence-electron chi connectivity index (χ4n) is 2.64. The van der Waals surface area contributed by atoms with Crippen molar-refractivity contribution in [2.45, 2.75) is 42.7 Å². The number of nitrogens with one attached hydrogen (secondary N) is 1. The first-order chi connectivity index (χ1) is 7.43. The maximum Gasteiger partial charge on any atom is 0.0383 e. The topological polar surface area (TPSA) is 12.0 Å². The van der Waals surface area contributed by atoms with Crippen molar-refractivity contribution in [3.8, 4) is 0 Å². The van der Waals surface area contributed by atoms with Crippen LogP contribution in [0.15, 0.2) is 24.3 Å². The zero-order valence-electron chi connectivity index (χ0n) is 8.91. The number of hydrogen-bond acceptors (Lipinski definition) is 2. The van der Waals surface area contributed by atoms with Gasteiger partial charge in [0.1, 0.15) is 0 Å². The van der Waals surface area contributed by atoms with Crippen molar-refractivity contribution in [3.05, 3.63) is 29.8 Å². The van der Waals surface area contributed by atoms with Crippen LogP contribution in [-0.4, -0.2) is 11.3 Å². The monoisotopic (exact) mass is 219 g/mol. The van der Waals surface area contributed by atoms with Gasteiger partial charge < -0.3 is 5.32 Å². The maximum atomic E-state index is 3.74. The molecule has 0 aromatic heterocycles. The predicted octanol–water partition coefficient (Wildman–Crippen LogP) is 3.66. The third-order valence-electron chi connectivity index (χ3n) is 3.51. The Labute approximate surface area is 95.6 Å². The summed E-state index contributed by atoms with van der Waals surface area (Å²) >= 11 is 2.15. The average Bonchev–Trinajstić information content (AvgIpc) is 2.48. The van der Waals surface area contributed by atoms with Gasteiger partial charge in [-0.1, -0.05) is 31.0 Å². The lowest BCUT2D eigenvalue weighted by molar-refractivity contribution is 0.476. The zero-order chi connectivity index (χ0) is 10.1. The quantitative estimate of drug-likeness (QED) is 0.714. The third kappa shape index (κ3) is 1.87. The van der Waals surface area contributed by atoms with Crippen LogP contribution in [0.2, 0.25) is 0 Å². The molecule has 1 heterocycles. The van der Waals surface area contributed by atoms with Crippen LogP contribution >= 0.6 is 11.8 Å². The highest BCUT2D eigenvalue weighted by Gasteiger charge is 2.28. The van der Waals surface area contributed by atoms with Gasteiger partial charge in [0.2, 0.25) is 0 Å². The van der Waals surface area contributed by atoms with E-state index in [2.05, 4.69) is 41.3 Å². The van der Waals surface area contributed by atoms with Crippen LogP contribution in [0.1, 0.15) is 31.2 Å². The molecule has 1 aromatic carbocycles. The van der Waals surface area contributed by atoms with E-state index in [1.807, 2.05) is 0 Å². The van der Waals surface area contributed by atoms with Gasteiger partial charge in [-0.25, -0.2) is 0 Å².